The Kier molecular flexibility index (Phi) is 3.67. The third-order valence-corrected chi connectivity index (χ3v) is 2.79. The lowest BCUT2D eigenvalue weighted by atomic mass is 10.1. The molecular weight excluding hydrogens is 228 g/mol. The quantitative estimate of drug-likeness (QED) is 0.858. The first-order valence-electron chi connectivity index (χ1n) is 5.80. The molecule has 0 radical (unpaired) electrons. The summed E-state index contributed by atoms with van der Waals surface area (Å²) in [6.45, 7) is 0.515. The molecule has 0 saturated carbocycles. The van der Waals surface area contributed by atoms with Gasteiger partial charge in [0.25, 0.3) is 0 Å². The fourth-order valence-electron chi connectivity index (χ4n) is 1.78. The summed E-state index contributed by atoms with van der Waals surface area (Å²) >= 11 is 0. The largest absolute Gasteiger partial charge is 0.508 e. The molecule has 0 fully saturated rings. The predicted octanol–water partition coefficient (Wildman–Crippen LogP) is 1.59. The second-order valence-corrected chi connectivity index (χ2v) is 4.23. The van der Waals surface area contributed by atoms with Crippen LogP contribution >= 0.6 is 0 Å². The highest BCUT2D eigenvalue weighted by Crippen LogP contribution is 2.11. The standard InChI is InChI=1S/C14H16N2O2/c1-16-7-3-5-12(16)10-15-14(18)9-11-4-2-6-13(17)8-11/h2-8,17H,9-10H2,1H3,(H,15,18). The lowest BCUT2D eigenvalue weighted by Crippen LogP contribution is -2.25. The molecule has 4 nitrogen and oxygen atoms in total. The zero-order chi connectivity index (χ0) is 13.0. The van der Waals surface area contributed by atoms with Crippen molar-refractivity contribution in [3.8, 4) is 5.75 Å². The molecule has 1 heterocycles. The average molecular weight is 244 g/mol. The first-order chi connectivity index (χ1) is 8.65. The van der Waals surface area contributed by atoms with Crippen molar-refractivity contribution in [1.29, 1.82) is 0 Å². The summed E-state index contributed by atoms with van der Waals surface area (Å²) in [5.74, 6) is 0.129. The van der Waals surface area contributed by atoms with Gasteiger partial charge in [-0.25, -0.2) is 0 Å². The van der Waals surface area contributed by atoms with Gasteiger partial charge in [-0.3, -0.25) is 4.79 Å². The van der Waals surface area contributed by atoms with Crippen molar-refractivity contribution in [3.63, 3.8) is 0 Å². The first kappa shape index (κ1) is 12.2. The van der Waals surface area contributed by atoms with Gasteiger partial charge in [-0.05, 0) is 29.8 Å². The number of nitrogens with one attached hydrogen (secondary N) is 1. The number of nitrogens with zero attached hydrogens (tertiary/aromatic N) is 1. The molecule has 0 aliphatic rings. The van der Waals surface area contributed by atoms with Gasteiger partial charge in [0.1, 0.15) is 5.75 Å². The van der Waals surface area contributed by atoms with Crippen LogP contribution in [0.4, 0.5) is 0 Å². The zero-order valence-corrected chi connectivity index (χ0v) is 10.3. The summed E-state index contributed by atoms with van der Waals surface area (Å²) in [6, 6.07) is 10.6. The minimum atomic E-state index is -0.0539. The number of aryl methyl sites for hydroxylation is 1. The average Bonchev–Trinajstić information content (AvgIpc) is 2.72. The van der Waals surface area contributed by atoms with E-state index in [1.54, 1.807) is 18.2 Å². The van der Waals surface area contributed by atoms with Crippen LogP contribution in [0.2, 0.25) is 0 Å². The minimum Gasteiger partial charge on any atom is -0.508 e. The topological polar surface area (TPSA) is 54.3 Å². The van der Waals surface area contributed by atoms with Crippen LogP contribution in [0.15, 0.2) is 42.6 Å². The molecule has 1 amide bonds. The van der Waals surface area contributed by atoms with Crippen molar-refractivity contribution in [2.45, 2.75) is 13.0 Å². The summed E-state index contributed by atoms with van der Waals surface area (Å²) < 4.78 is 1.97. The van der Waals surface area contributed by atoms with Gasteiger partial charge in [0.15, 0.2) is 0 Å². The Labute approximate surface area is 106 Å². The molecule has 0 saturated heterocycles. The van der Waals surface area contributed by atoms with E-state index in [-0.39, 0.29) is 18.1 Å². The number of carbonyl (C=O) groups is 1. The molecule has 0 spiro atoms. The maximum absolute atomic E-state index is 11.7. The SMILES string of the molecule is Cn1cccc1CNC(=O)Cc1cccc(O)c1. The van der Waals surface area contributed by atoms with Gasteiger partial charge in [0.2, 0.25) is 5.91 Å². The summed E-state index contributed by atoms with van der Waals surface area (Å²) in [4.78, 5) is 11.7. The molecule has 0 atom stereocenters. The smallest absolute Gasteiger partial charge is 0.224 e. The molecule has 1 aromatic carbocycles. The molecule has 0 aliphatic carbocycles. The first-order valence-corrected chi connectivity index (χ1v) is 5.80. The number of rotatable bonds is 4. The van der Waals surface area contributed by atoms with Gasteiger partial charge in [-0.2, -0.15) is 0 Å². The fraction of sp³-hybridized carbons (Fsp3) is 0.214. The molecular formula is C14H16N2O2. The normalized spacial score (nSPS) is 10.3. The van der Waals surface area contributed by atoms with Crippen LogP contribution in [0.3, 0.4) is 0 Å². The van der Waals surface area contributed by atoms with Crippen molar-refractivity contribution in [1.82, 2.24) is 9.88 Å². The molecule has 4 heteroatoms. The highest BCUT2D eigenvalue weighted by Gasteiger charge is 2.05. The predicted molar refractivity (Wildman–Crippen MR) is 69.1 cm³/mol. The van der Waals surface area contributed by atoms with E-state index in [9.17, 15) is 9.90 Å². The van der Waals surface area contributed by atoms with Crippen molar-refractivity contribution in [2.24, 2.45) is 7.05 Å². The Balaban J connectivity index is 1.88. The van der Waals surface area contributed by atoms with Crippen molar-refractivity contribution in [2.75, 3.05) is 0 Å². The van der Waals surface area contributed by atoms with Crippen molar-refractivity contribution in [3.05, 3.63) is 53.9 Å². The number of amides is 1. The Morgan fingerprint density at radius 1 is 1.33 bits per heavy atom. The third kappa shape index (κ3) is 3.13. The van der Waals surface area contributed by atoms with Gasteiger partial charge in [0.05, 0.1) is 13.0 Å². The van der Waals surface area contributed by atoms with Crippen LogP contribution in [-0.4, -0.2) is 15.6 Å². The fourth-order valence-corrected chi connectivity index (χ4v) is 1.78. The minimum absolute atomic E-state index is 0.0539. The van der Waals surface area contributed by atoms with E-state index in [1.165, 1.54) is 0 Å². The molecule has 0 unspecified atom stereocenters. The maximum Gasteiger partial charge on any atom is 0.224 e. The monoisotopic (exact) mass is 244 g/mol. The van der Waals surface area contributed by atoms with E-state index in [2.05, 4.69) is 5.32 Å². The summed E-state index contributed by atoms with van der Waals surface area (Å²) in [5.41, 5.74) is 1.86. The van der Waals surface area contributed by atoms with Crippen LogP contribution < -0.4 is 5.32 Å². The number of phenolic OH excluding ortho intramolecular Hbond substituents is 1. The van der Waals surface area contributed by atoms with Crippen LogP contribution in [0.5, 0.6) is 5.75 Å². The second-order valence-electron chi connectivity index (χ2n) is 4.23. The number of carbonyl (C=O) groups excluding carboxylic acids is 1. The molecule has 2 rings (SSSR count). The lowest BCUT2D eigenvalue weighted by molar-refractivity contribution is -0.120. The van der Waals surface area contributed by atoms with Crippen LogP contribution in [0, 0.1) is 0 Å². The number of hydrogen-bond donors (Lipinski definition) is 2. The highest BCUT2D eigenvalue weighted by atomic mass is 16.3. The molecule has 0 bridgehead atoms. The molecule has 94 valence electrons. The molecule has 2 aromatic rings. The molecule has 18 heavy (non-hydrogen) atoms. The number of aromatic nitrogens is 1. The van der Waals surface area contributed by atoms with Gasteiger partial charge in [0, 0.05) is 18.9 Å². The van der Waals surface area contributed by atoms with Gasteiger partial charge >= 0.3 is 0 Å². The second kappa shape index (κ2) is 5.40. The number of benzene rings is 1. The number of aromatic hydroxyl groups is 1. The third-order valence-electron chi connectivity index (χ3n) is 2.79. The zero-order valence-electron chi connectivity index (χ0n) is 10.3. The van der Waals surface area contributed by atoms with E-state index < -0.39 is 0 Å². The molecule has 0 aliphatic heterocycles. The molecule has 1 aromatic heterocycles. The van der Waals surface area contributed by atoms with Crippen LogP contribution in [-0.2, 0) is 24.8 Å². The van der Waals surface area contributed by atoms with E-state index in [1.807, 2.05) is 36.0 Å². The number of phenols is 1. The van der Waals surface area contributed by atoms with E-state index in [4.69, 9.17) is 0 Å². The highest BCUT2D eigenvalue weighted by molar-refractivity contribution is 5.78. The van der Waals surface area contributed by atoms with Crippen LogP contribution in [0.1, 0.15) is 11.3 Å². The Hall–Kier alpha value is -2.23. The Bertz CT molecular complexity index is 546. The Morgan fingerprint density at radius 3 is 2.83 bits per heavy atom. The van der Waals surface area contributed by atoms with Gasteiger partial charge in [-0.15, -0.1) is 0 Å². The maximum atomic E-state index is 11.7. The van der Waals surface area contributed by atoms with E-state index in [0.717, 1.165) is 11.3 Å². The molecule has 2 N–H and O–H groups in total. The summed E-state index contributed by atoms with van der Waals surface area (Å²) in [7, 11) is 1.94. The summed E-state index contributed by atoms with van der Waals surface area (Å²) in [6.07, 6.45) is 2.22. The van der Waals surface area contributed by atoms with Gasteiger partial charge in [-0.1, -0.05) is 12.1 Å². The summed E-state index contributed by atoms with van der Waals surface area (Å²) in [5, 5.41) is 12.2. The van der Waals surface area contributed by atoms with Gasteiger partial charge < -0.3 is 15.0 Å². The van der Waals surface area contributed by atoms with E-state index >= 15 is 0 Å². The van der Waals surface area contributed by atoms with E-state index in [0.29, 0.717) is 6.54 Å². The van der Waals surface area contributed by atoms with Crippen molar-refractivity contribution < 1.29 is 9.90 Å². The Morgan fingerprint density at radius 2 is 2.17 bits per heavy atom. The van der Waals surface area contributed by atoms with Crippen molar-refractivity contribution >= 4 is 5.91 Å². The van der Waals surface area contributed by atoms with Crippen LogP contribution in [0.25, 0.3) is 0 Å². The lowest BCUT2D eigenvalue weighted by Gasteiger charge is -2.06. The number of hydrogen-bond acceptors (Lipinski definition) is 2.